The molecule has 0 aliphatic carbocycles. The van der Waals surface area contributed by atoms with Gasteiger partial charge in [0, 0.05) is 25.7 Å². The standard InChI is InChI=1S/C25H25N5O5/c1-28-20(23(33)34)13-27-21(28)14-29-10-8-25(15-29)9-11-30(24(25)35)18-6-7-19(26-12-18)16-2-4-17(5-3-16)22(31)32/h2-7,12-13H,8-11,14-15H2,1H3,(H,31,32)(H,33,34). The predicted octanol–water partition coefficient (Wildman–Crippen LogP) is 2.51. The van der Waals surface area contributed by atoms with Crippen LogP contribution in [0, 0.1) is 5.41 Å². The van der Waals surface area contributed by atoms with E-state index in [1.54, 1.807) is 47.0 Å². The third kappa shape index (κ3) is 4.06. The van der Waals surface area contributed by atoms with Crippen molar-refractivity contribution in [2.24, 2.45) is 12.5 Å². The lowest BCUT2D eigenvalue weighted by Crippen LogP contribution is -2.37. The number of aromatic nitrogens is 3. The number of anilines is 1. The fourth-order valence-corrected chi connectivity index (χ4v) is 5.03. The Balaban J connectivity index is 1.26. The zero-order valence-electron chi connectivity index (χ0n) is 19.2. The van der Waals surface area contributed by atoms with Crippen molar-refractivity contribution in [1.82, 2.24) is 19.4 Å². The highest BCUT2D eigenvalue weighted by Gasteiger charge is 2.51. The number of carboxylic acids is 2. The molecule has 0 saturated carbocycles. The number of nitrogens with zero attached hydrogens (tertiary/aromatic N) is 5. The molecule has 0 bridgehead atoms. The number of hydrogen-bond acceptors (Lipinski definition) is 6. The third-order valence-electron chi connectivity index (χ3n) is 7.10. The minimum absolute atomic E-state index is 0.0893. The van der Waals surface area contributed by atoms with E-state index in [1.165, 1.54) is 6.20 Å². The highest BCUT2D eigenvalue weighted by Crippen LogP contribution is 2.42. The van der Waals surface area contributed by atoms with Crippen LogP contribution in [0.3, 0.4) is 0 Å². The molecule has 2 aliphatic heterocycles. The average molecular weight is 476 g/mol. The molecule has 10 heteroatoms. The molecule has 35 heavy (non-hydrogen) atoms. The van der Waals surface area contributed by atoms with Gasteiger partial charge in [-0.3, -0.25) is 14.7 Å². The third-order valence-corrected chi connectivity index (χ3v) is 7.10. The first-order valence-corrected chi connectivity index (χ1v) is 11.4. The van der Waals surface area contributed by atoms with Crippen molar-refractivity contribution in [3.63, 3.8) is 0 Å². The van der Waals surface area contributed by atoms with E-state index in [-0.39, 0.29) is 17.2 Å². The Labute approximate surface area is 201 Å². The molecule has 2 aliphatic rings. The molecule has 10 nitrogen and oxygen atoms in total. The number of benzene rings is 1. The van der Waals surface area contributed by atoms with Gasteiger partial charge in [0.25, 0.3) is 0 Å². The van der Waals surface area contributed by atoms with Crippen LogP contribution < -0.4 is 4.90 Å². The molecule has 2 N–H and O–H groups in total. The number of rotatable bonds is 6. The Morgan fingerprint density at radius 2 is 1.71 bits per heavy atom. The fourth-order valence-electron chi connectivity index (χ4n) is 5.03. The van der Waals surface area contributed by atoms with Gasteiger partial charge in [-0.15, -0.1) is 0 Å². The maximum Gasteiger partial charge on any atom is 0.354 e. The predicted molar refractivity (Wildman–Crippen MR) is 126 cm³/mol. The molecule has 1 spiro atoms. The molecular weight excluding hydrogens is 450 g/mol. The molecule has 180 valence electrons. The van der Waals surface area contributed by atoms with E-state index < -0.39 is 17.4 Å². The fraction of sp³-hybridized carbons (Fsp3) is 0.320. The summed E-state index contributed by atoms with van der Waals surface area (Å²) >= 11 is 0. The molecule has 4 heterocycles. The molecule has 3 aromatic rings. The van der Waals surface area contributed by atoms with Gasteiger partial charge in [-0.25, -0.2) is 14.6 Å². The van der Waals surface area contributed by atoms with Gasteiger partial charge in [0.15, 0.2) is 0 Å². The van der Waals surface area contributed by atoms with E-state index >= 15 is 0 Å². The van der Waals surface area contributed by atoms with Crippen molar-refractivity contribution >= 4 is 23.5 Å². The quantitative estimate of drug-likeness (QED) is 0.556. The number of hydrogen-bond donors (Lipinski definition) is 2. The van der Waals surface area contributed by atoms with Crippen LogP contribution in [0.1, 0.15) is 39.5 Å². The van der Waals surface area contributed by atoms with E-state index in [0.29, 0.717) is 31.2 Å². The summed E-state index contributed by atoms with van der Waals surface area (Å²) in [6.07, 6.45) is 4.55. The van der Waals surface area contributed by atoms with E-state index in [4.69, 9.17) is 5.11 Å². The molecule has 2 fully saturated rings. The first kappa shape index (κ1) is 22.7. The van der Waals surface area contributed by atoms with Crippen LogP contribution in [0.2, 0.25) is 0 Å². The average Bonchev–Trinajstić information content (AvgIpc) is 3.53. The smallest absolute Gasteiger partial charge is 0.354 e. The highest BCUT2D eigenvalue weighted by molar-refractivity contribution is 6.00. The van der Waals surface area contributed by atoms with Crippen LogP contribution in [0.4, 0.5) is 5.69 Å². The Kier molecular flexibility index (Phi) is 5.60. The van der Waals surface area contributed by atoms with Gasteiger partial charge in [-0.2, -0.15) is 0 Å². The first-order chi connectivity index (χ1) is 16.8. The van der Waals surface area contributed by atoms with Crippen molar-refractivity contribution in [2.75, 3.05) is 24.5 Å². The van der Waals surface area contributed by atoms with E-state index in [1.807, 2.05) is 12.1 Å². The van der Waals surface area contributed by atoms with Gasteiger partial charge in [0.1, 0.15) is 11.5 Å². The minimum atomic E-state index is -1.01. The first-order valence-electron chi connectivity index (χ1n) is 11.4. The van der Waals surface area contributed by atoms with Crippen molar-refractivity contribution in [2.45, 2.75) is 19.4 Å². The summed E-state index contributed by atoms with van der Waals surface area (Å²) in [6, 6.07) is 10.2. The zero-order chi connectivity index (χ0) is 24.7. The van der Waals surface area contributed by atoms with Gasteiger partial charge >= 0.3 is 11.9 Å². The second-order valence-corrected chi connectivity index (χ2v) is 9.16. The number of likely N-dealkylation sites (tertiary alicyclic amines) is 1. The highest BCUT2D eigenvalue weighted by atomic mass is 16.4. The lowest BCUT2D eigenvalue weighted by atomic mass is 9.85. The van der Waals surface area contributed by atoms with Gasteiger partial charge in [0.2, 0.25) is 5.91 Å². The molecular formula is C25H25N5O5. The van der Waals surface area contributed by atoms with Crippen LogP contribution in [0.5, 0.6) is 0 Å². The molecule has 0 radical (unpaired) electrons. The summed E-state index contributed by atoms with van der Waals surface area (Å²) < 4.78 is 1.58. The summed E-state index contributed by atoms with van der Waals surface area (Å²) in [6.45, 7) is 2.47. The maximum atomic E-state index is 13.5. The summed E-state index contributed by atoms with van der Waals surface area (Å²) in [7, 11) is 1.69. The Bertz CT molecular complexity index is 1300. The van der Waals surface area contributed by atoms with E-state index in [0.717, 1.165) is 30.6 Å². The molecule has 1 amide bonds. The summed E-state index contributed by atoms with van der Waals surface area (Å²) in [5.41, 5.74) is 2.16. The number of carboxylic acid groups (broad SMARTS) is 2. The normalized spacial score (nSPS) is 20.1. The second kappa shape index (κ2) is 8.62. The number of amides is 1. The molecule has 2 saturated heterocycles. The molecule has 5 rings (SSSR count). The number of pyridine rings is 1. The SMILES string of the molecule is Cn1c(C(=O)O)cnc1CN1CCC2(CCN(c3ccc(-c4ccc(C(=O)O)cc4)nc3)C2=O)C1. The molecule has 1 aromatic carbocycles. The number of carbonyl (C=O) groups excluding carboxylic acids is 1. The van der Waals surface area contributed by atoms with Crippen LogP contribution >= 0.6 is 0 Å². The Hall–Kier alpha value is -4.05. The second-order valence-electron chi connectivity index (χ2n) is 9.16. The summed E-state index contributed by atoms with van der Waals surface area (Å²) in [4.78, 5) is 48.5. The largest absolute Gasteiger partial charge is 0.478 e. The van der Waals surface area contributed by atoms with Crippen LogP contribution in [-0.4, -0.2) is 67.1 Å². The van der Waals surface area contributed by atoms with Crippen LogP contribution in [0.15, 0.2) is 48.8 Å². The van der Waals surface area contributed by atoms with Crippen molar-refractivity contribution in [1.29, 1.82) is 0 Å². The molecule has 1 unspecified atom stereocenters. The number of carbonyl (C=O) groups is 3. The van der Waals surface area contributed by atoms with Gasteiger partial charge < -0.3 is 19.7 Å². The van der Waals surface area contributed by atoms with E-state index in [9.17, 15) is 19.5 Å². The van der Waals surface area contributed by atoms with Gasteiger partial charge in [-0.05, 0) is 43.7 Å². The lowest BCUT2D eigenvalue weighted by Gasteiger charge is -2.23. The van der Waals surface area contributed by atoms with Crippen LogP contribution in [0.25, 0.3) is 11.3 Å². The van der Waals surface area contributed by atoms with Gasteiger partial charge in [-0.1, -0.05) is 12.1 Å². The molecule has 2 aromatic heterocycles. The molecule has 1 atom stereocenters. The summed E-state index contributed by atoms with van der Waals surface area (Å²) in [5, 5.41) is 18.3. The Morgan fingerprint density at radius 1 is 0.971 bits per heavy atom. The topological polar surface area (TPSA) is 129 Å². The summed E-state index contributed by atoms with van der Waals surface area (Å²) in [5.74, 6) is -1.23. The van der Waals surface area contributed by atoms with Crippen LogP contribution in [-0.2, 0) is 18.4 Å². The number of imidazole rings is 1. The van der Waals surface area contributed by atoms with Crippen molar-refractivity contribution < 1.29 is 24.6 Å². The minimum Gasteiger partial charge on any atom is -0.478 e. The van der Waals surface area contributed by atoms with Gasteiger partial charge in [0.05, 0.1) is 41.3 Å². The Morgan fingerprint density at radius 3 is 2.34 bits per heavy atom. The maximum absolute atomic E-state index is 13.5. The zero-order valence-corrected chi connectivity index (χ0v) is 19.2. The monoisotopic (exact) mass is 475 g/mol. The number of aromatic carboxylic acids is 2. The lowest BCUT2D eigenvalue weighted by molar-refractivity contribution is -0.125. The van der Waals surface area contributed by atoms with E-state index in [2.05, 4.69) is 14.9 Å². The van der Waals surface area contributed by atoms with Crippen molar-refractivity contribution in [3.05, 3.63) is 65.9 Å². The van der Waals surface area contributed by atoms with Crippen molar-refractivity contribution in [3.8, 4) is 11.3 Å².